The molecule has 2 heterocycles. The molecule has 1 aliphatic rings. The molecule has 0 radical (unpaired) electrons. The number of hydrogen-bond acceptors (Lipinski definition) is 3. The molecule has 0 unspecified atom stereocenters. The van der Waals surface area contributed by atoms with Crippen LogP contribution in [0.25, 0.3) is 22.0 Å². The van der Waals surface area contributed by atoms with Crippen LogP contribution in [0.4, 0.5) is 8.78 Å². The predicted molar refractivity (Wildman–Crippen MR) is 116 cm³/mol. The molecule has 1 N–H and O–H groups in total. The van der Waals surface area contributed by atoms with Gasteiger partial charge in [-0.2, -0.15) is 0 Å². The van der Waals surface area contributed by atoms with Gasteiger partial charge in [0, 0.05) is 39.9 Å². The zero-order valence-corrected chi connectivity index (χ0v) is 17.3. The summed E-state index contributed by atoms with van der Waals surface area (Å²) in [4.78, 5) is 16.8. The summed E-state index contributed by atoms with van der Waals surface area (Å²) >= 11 is 0. The van der Waals surface area contributed by atoms with E-state index in [1.807, 2.05) is 18.2 Å². The van der Waals surface area contributed by atoms with Crippen molar-refractivity contribution >= 4 is 16.9 Å². The maximum atomic E-state index is 14.5. The first kappa shape index (κ1) is 20.2. The molecular weight excluding hydrogens is 414 g/mol. The normalized spacial score (nSPS) is 13.5. The number of aromatic carboxylic acids is 1. The second kappa shape index (κ2) is 7.75. The monoisotopic (exact) mass is 434 g/mol. The molecule has 162 valence electrons. The number of fused-ring (bicyclic) bond motifs is 1. The van der Waals surface area contributed by atoms with E-state index in [2.05, 4.69) is 4.98 Å². The average Bonchev–Trinajstić information content (AvgIpc) is 3.58. The SMILES string of the molecule is COc1ncccc1-c1c(C(=O)O)n(Cc2ccc(F)cc2F)c2ccc(C3CC3)cc12. The van der Waals surface area contributed by atoms with Crippen molar-refractivity contribution in [2.75, 3.05) is 7.11 Å². The van der Waals surface area contributed by atoms with Gasteiger partial charge in [-0.1, -0.05) is 12.1 Å². The number of ether oxygens (including phenoxy) is 1. The van der Waals surface area contributed by atoms with Crippen LogP contribution in [0.15, 0.2) is 54.7 Å². The van der Waals surface area contributed by atoms with E-state index in [0.717, 1.165) is 29.9 Å². The van der Waals surface area contributed by atoms with Crippen LogP contribution in [-0.4, -0.2) is 27.7 Å². The number of aromatic nitrogens is 2. The summed E-state index contributed by atoms with van der Waals surface area (Å²) in [6.07, 6.45) is 3.78. The second-order valence-electron chi connectivity index (χ2n) is 7.96. The van der Waals surface area contributed by atoms with Gasteiger partial charge in [-0.3, -0.25) is 0 Å². The van der Waals surface area contributed by atoms with Crippen molar-refractivity contribution in [1.82, 2.24) is 9.55 Å². The van der Waals surface area contributed by atoms with E-state index in [4.69, 9.17) is 4.74 Å². The van der Waals surface area contributed by atoms with Crippen LogP contribution in [-0.2, 0) is 6.54 Å². The molecule has 32 heavy (non-hydrogen) atoms. The number of methoxy groups -OCH3 is 1. The van der Waals surface area contributed by atoms with Crippen molar-refractivity contribution in [2.45, 2.75) is 25.3 Å². The molecule has 2 aromatic heterocycles. The maximum absolute atomic E-state index is 14.5. The van der Waals surface area contributed by atoms with Gasteiger partial charge >= 0.3 is 5.97 Å². The first-order valence-corrected chi connectivity index (χ1v) is 10.3. The maximum Gasteiger partial charge on any atom is 0.353 e. The lowest BCUT2D eigenvalue weighted by Crippen LogP contribution is -2.11. The minimum atomic E-state index is -1.16. The molecule has 0 aliphatic heterocycles. The van der Waals surface area contributed by atoms with E-state index in [0.29, 0.717) is 28.4 Å². The molecule has 7 heteroatoms. The molecule has 2 aromatic carbocycles. The molecule has 1 fully saturated rings. The molecule has 5 rings (SSSR count). The van der Waals surface area contributed by atoms with Gasteiger partial charge in [-0.15, -0.1) is 0 Å². The highest BCUT2D eigenvalue weighted by Gasteiger charge is 2.29. The largest absolute Gasteiger partial charge is 0.481 e. The molecule has 0 atom stereocenters. The molecule has 5 nitrogen and oxygen atoms in total. The smallest absolute Gasteiger partial charge is 0.353 e. The lowest BCUT2D eigenvalue weighted by Gasteiger charge is -2.11. The summed E-state index contributed by atoms with van der Waals surface area (Å²) in [7, 11) is 1.48. The van der Waals surface area contributed by atoms with Crippen LogP contribution in [0.1, 0.15) is 40.4 Å². The van der Waals surface area contributed by atoms with Gasteiger partial charge in [0.05, 0.1) is 13.7 Å². The van der Waals surface area contributed by atoms with Crippen LogP contribution >= 0.6 is 0 Å². The van der Waals surface area contributed by atoms with Gasteiger partial charge in [0.1, 0.15) is 17.3 Å². The van der Waals surface area contributed by atoms with Crippen LogP contribution in [0.2, 0.25) is 0 Å². The fourth-order valence-electron chi connectivity index (χ4n) is 4.27. The lowest BCUT2D eigenvalue weighted by atomic mass is 10.00. The molecule has 0 saturated heterocycles. The van der Waals surface area contributed by atoms with Crippen molar-refractivity contribution in [3.05, 3.63) is 83.2 Å². The van der Waals surface area contributed by atoms with Crippen molar-refractivity contribution in [3.8, 4) is 17.0 Å². The quantitative estimate of drug-likeness (QED) is 0.428. The van der Waals surface area contributed by atoms with Crippen LogP contribution < -0.4 is 4.74 Å². The minimum absolute atomic E-state index is 0.00275. The third-order valence-corrected chi connectivity index (χ3v) is 5.92. The summed E-state index contributed by atoms with van der Waals surface area (Å²) in [5.74, 6) is -1.79. The average molecular weight is 434 g/mol. The molecule has 0 amide bonds. The third kappa shape index (κ3) is 3.39. The number of nitrogens with zero attached hydrogens (tertiary/aromatic N) is 2. The van der Waals surface area contributed by atoms with Crippen molar-refractivity contribution < 1.29 is 23.4 Å². The number of hydrogen-bond donors (Lipinski definition) is 1. The van der Waals surface area contributed by atoms with Gasteiger partial charge < -0.3 is 14.4 Å². The minimum Gasteiger partial charge on any atom is -0.481 e. The lowest BCUT2D eigenvalue weighted by molar-refractivity contribution is 0.0687. The fraction of sp³-hybridized carbons (Fsp3) is 0.200. The molecular formula is C25H20F2N2O3. The third-order valence-electron chi connectivity index (χ3n) is 5.92. The van der Waals surface area contributed by atoms with E-state index in [-0.39, 0.29) is 17.8 Å². The number of pyridine rings is 1. The van der Waals surface area contributed by atoms with E-state index in [1.54, 1.807) is 22.9 Å². The summed E-state index contributed by atoms with van der Waals surface area (Å²) < 4.78 is 34.9. The van der Waals surface area contributed by atoms with Gasteiger partial charge in [0.25, 0.3) is 0 Å². The standard InChI is InChI=1S/C25H20F2N2O3/c1-32-24-18(3-2-10-28-24)22-19-11-15(14-4-5-14)7-9-21(19)29(23(22)25(30)31)13-16-6-8-17(26)12-20(16)27/h2-3,6-12,14H,4-5,13H2,1H3,(H,30,31). The highest BCUT2D eigenvalue weighted by Crippen LogP contribution is 2.44. The van der Waals surface area contributed by atoms with Gasteiger partial charge in [-0.05, 0) is 54.7 Å². The highest BCUT2D eigenvalue weighted by molar-refractivity contribution is 6.09. The fourth-order valence-corrected chi connectivity index (χ4v) is 4.27. The van der Waals surface area contributed by atoms with E-state index < -0.39 is 17.6 Å². The van der Waals surface area contributed by atoms with Crippen LogP contribution in [0.5, 0.6) is 5.88 Å². The Labute approximate surface area is 182 Å². The second-order valence-corrected chi connectivity index (χ2v) is 7.96. The van der Waals surface area contributed by atoms with E-state index in [1.165, 1.54) is 19.2 Å². The number of carboxylic acids is 1. The Morgan fingerprint density at radius 2 is 2.00 bits per heavy atom. The van der Waals surface area contributed by atoms with Crippen LogP contribution in [0.3, 0.4) is 0 Å². The zero-order chi connectivity index (χ0) is 22.4. The number of carbonyl (C=O) groups is 1. The Morgan fingerprint density at radius 3 is 2.69 bits per heavy atom. The van der Waals surface area contributed by atoms with E-state index >= 15 is 0 Å². The summed E-state index contributed by atoms with van der Waals surface area (Å²) in [5, 5.41) is 11.0. The highest BCUT2D eigenvalue weighted by atomic mass is 19.1. The topological polar surface area (TPSA) is 64.3 Å². The number of benzene rings is 2. The first-order valence-electron chi connectivity index (χ1n) is 10.3. The molecule has 4 aromatic rings. The Hall–Kier alpha value is -3.74. The Balaban J connectivity index is 1.81. The zero-order valence-electron chi connectivity index (χ0n) is 17.3. The van der Waals surface area contributed by atoms with Crippen molar-refractivity contribution in [2.24, 2.45) is 0 Å². The van der Waals surface area contributed by atoms with Gasteiger partial charge in [0.2, 0.25) is 5.88 Å². The van der Waals surface area contributed by atoms with Crippen molar-refractivity contribution in [1.29, 1.82) is 0 Å². The number of carboxylic acid groups (broad SMARTS) is 1. The summed E-state index contributed by atoms with van der Waals surface area (Å²) in [5.41, 5.74) is 3.01. The van der Waals surface area contributed by atoms with Gasteiger partial charge in [0.15, 0.2) is 0 Å². The molecule has 1 saturated carbocycles. The van der Waals surface area contributed by atoms with E-state index in [9.17, 15) is 18.7 Å². The Morgan fingerprint density at radius 1 is 1.19 bits per heavy atom. The molecule has 0 spiro atoms. The Kier molecular flexibility index (Phi) is 4.89. The first-order chi connectivity index (χ1) is 15.5. The molecule has 0 bridgehead atoms. The molecule has 1 aliphatic carbocycles. The number of halogens is 2. The van der Waals surface area contributed by atoms with Crippen LogP contribution in [0, 0.1) is 11.6 Å². The van der Waals surface area contributed by atoms with Gasteiger partial charge in [-0.25, -0.2) is 18.6 Å². The Bertz CT molecular complexity index is 1360. The predicted octanol–water partition coefficient (Wildman–Crippen LogP) is 5.61. The summed E-state index contributed by atoms with van der Waals surface area (Å²) in [6.45, 7) is -0.0599. The number of rotatable bonds is 6. The summed E-state index contributed by atoms with van der Waals surface area (Å²) in [6, 6.07) is 12.7. The van der Waals surface area contributed by atoms with Crippen molar-refractivity contribution in [3.63, 3.8) is 0 Å².